The minimum atomic E-state index is -0.739. The molecule has 0 saturated heterocycles. The van der Waals surface area contributed by atoms with Gasteiger partial charge in [0.1, 0.15) is 11.6 Å². The third-order valence-electron chi connectivity index (χ3n) is 2.72. The van der Waals surface area contributed by atoms with Crippen LogP contribution in [-0.4, -0.2) is 66.9 Å². The molecule has 0 aromatic rings. The summed E-state index contributed by atoms with van der Waals surface area (Å²) in [6.45, 7) is 5.27. The van der Waals surface area contributed by atoms with E-state index in [1.54, 1.807) is 44.3 Å². The molecule has 146 valence electrons. The quantitative estimate of drug-likeness (QED) is 0.324. The molecule has 0 bridgehead atoms. The zero-order valence-electron chi connectivity index (χ0n) is 15.6. The van der Waals surface area contributed by atoms with Gasteiger partial charge in [-0.3, -0.25) is 4.79 Å². The second kappa shape index (κ2) is 13.2. The second-order valence-corrected chi connectivity index (χ2v) is 8.46. The van der Waals surface area contributed by atoms with Gasteiger partial charge in [0, 0.05) is 11.5 Å². The number of esters is 2. The summed E-state index contributed by atoms with van der Waals surface area (Å²) >= 11 is 3.25. The summed E-state index contributed by atoms with van der Waals surface area (Å²) in [4.78, 5) is 34.5. The molecule has 0 saturated carbocycles. The molecular weight excluding hydrogens is 366 g/mol. The van der Waals surface area contributed by atoms with Gasteiger partial charge in [-0.15, -0.1) is 0 Å². The van der Waals surface area contributed by atoms with Crippen LogP contribution in [0.25, 0.3) is 0 Å². The third kappa shape index (κ3) is 13.8. The van der Waals surface area contributed by atoms with Gasteiger partial charge in [-0.2, -0.15) is 23.5 Å². The number of alkyl carbamates (subject to hydrolysis) is 1. The van der Waals surface area contributed by atoms with Crippen LogP contribution >= 0.6 is 23.5 Å². The van der Waals surface area contributed by atoms with E-state index in [4.69, 9.17) is 9.47 Å². The van der Waals surface area contributed by atoms with Crippen molar-refractivity contribution in [1.29, 1.82) is 0 Å². The molecule has 7 nitrogen and oxygen atoms in total. The van der Waals surface area contributed by atoms with E-state index in [0.717, 1.165) is 23.7 Å². The predicted octanol–water partition coefficient (Wildman–Crippen LogP) is 2.47. The molecule has 0 heterocycles. The monoisotopic (exact) mass is 395 g/mol. The lowest BCUT2D eigenvalue weighted by Gasteiger charge is -2.22. The Balaban J connectivity index is 3.99. The standard InChI is InChI=1S/C16H29NO6S2/c1-16(2,3)23-15(20)17-12(14(19)22-5)11-25-9-6-8-24-10-7-13(18)21-4/h12H,6-11H2,1-5H3,(H,17,20). The van der Waals surface area contributed by atoms with Crippen molar-refractivity contribution >= 4 is 41.6 Å². The van der Waals surface area contributed by atoms with Gasteiger partial charge in [-0.1, -0.05) is 0 Å². The number of ether oxygens (including phenoxy) is 3. The number of carbonyl (C=O) groups excluding carboxylic acids is 3. The summed E-state index contributed by atoms with van der Waals surface area (Å²) in [6, 6.07) is -0.739. The number of methoxy groups -OCH3 is 2. The number of hydrogen-bond acceptors (Lipinski definition) is 8. The molecule has 0 aromatic carbocycles. The van der Waals surface area contributed by atoms with Crippen molar-refractivity contribution in [2.45, 2.75) is 45.3 Å². The molecule has 1 unspecified atom stereocenters. The molecule has 25 heavy (non-hydrogen) atoms. The maximum Gasteiger partial charge on any atom is 0.408 e. The minimum Gasteiger partial charge on any atom is -0.469 e. The Morgan fingerprint density at radius 1 is 1.00 bits per heavy atom. The summed E-state index contributed by atoms with van der Waals surface area (Å²) < 4.78 is 14.4. The number of amides is 1. The van der Waals surface area contributed by atoms with Gasteiger partial charge in [-0.05, 0) is 38.7 Å². The highest BCUT2D eigenvalue weighted by Crippen LogP contribution is 2.12. The molecule has 0 spiro atoms. The van der Waals surface area contributed by atoms with Crippen molar-refractivity contribution in [2.24, 2.45) is 0 Å². The van der Waals surface area contributed by atoms with Crippen LogP contribution in [0.3, 0.4) is 0 Å². The smallest absolute Gasteiger partial charge is 0.408 e. The third-order valence-corrected chi connectivity index (χ3v) is 4.93. The van der Waals surface area contributed by atoms with E-state index in [1.807, 2.05) is 0 Å². The number of thioether (sulfide) groups is 2. The van der Waals surface area contributed by atoms with Crippen molar-refractivity contribution < 1.29 is 28.6 Å². The van der Waals surface area contributed by atoms with E-state index in [1.165, 1.54) is 14.2 Å². The van der Waals surface area contributed by atoms with Crippen LogP contribution in [-0.2, 0) is 23.8 Å². The van der Waals surface area contributed by atoms with Gasteiger partial charge < -0.3 is 19.5 Å². The first-order chi connectivity index (χ1) is 11.7. The summed E-state index contributed by atoms with van der Waals surface area (Å²) in [5.74, 6) is 2.23. The van der Waals surface area contributed by atoms with Gasteiger partial charge >= 0.3 is 18.0 Å². The average Bonchev–Trinajstić information content (AvgIpc) is 2.53. The number of hydrogen-bond donors (Lipinski definition) is 1. The van der Waals surface area contributed by atoms with E-state index in [2.05, 4.69) is 10.1 Å². The van der Waals surface area contributed by atoms with Crippen LogP contribution in [0.4, 0.5) is 4.79 Å². The molecule has 9 heteroatoms. The second-order valence-electron chi connectivity index (χ2n) is 6.09. The fourth-order valence-corrected chi connectivity index (χ4v) is 3.60. The molecule has 1 atom stereocenters. The lowest BCUT2D eigenvalue weighted by molar-refractivity contribution is -0.142. The zero-order valence-corrected chi connectivity index (χ0v) is 17.2. The molecule has 0 aromatic heterocycles. The Bertz CT molecular complexity index is 425. The van der Waals surface area contributed by atoms with Gasteiger partial charge in [-0.25, -0.2) is 9.59 Å². The molecule has 0 aliphatic heterocycles. The Kier molecular flexibility index (Phi) is 12.6. The number of carbonyl (C=O) groups is 3. The number of rotatable bonds is 11. The number of nitrogens with one attached hydrogen (secondary N) is 1. The van der Waals surface area contributed by atoms with Gasteiger partial charge in [0.05, 0.1) is 20.6 Å². The summed E-state index contributed by atoms with van der Waals surface area (Å²) in [5, 5.41) is 2.54. The van der Waals surface area contributed by atoms with Crippen molar-refractivity contribution in [3.8, 4) is 0 Å². The van der Waals surface area contributed by atoms with Gasteiger partial charge in [0.2, 0.25) is 0 Å². The van der Waals surface area contributed by atoms with E-state index in [-0.39, 0.29) is 5.97 Å². The highest BCUT2D eigenvalue weighted by molar-refractivity contribution is 8.00. The molecular formula is C16H29NO6S2. The van der Waals surface area contributed by atoms with Crippen molar-refractivity contribution in [3.05, 3.63) is 0 Å². The van der Waals surface area contributed by atoms with Crippen LogP contribution in [0.1, 0.15) is 33.6 Å². The maximum absolute atomic E-state index is 11.8. The van der Waals surface area contributed by atoms with Crippen LogP contribution in [0.2, 0.25) is 0 Å². The van der Waals surface area contributed by atoms with Gasteiger partial charge in [0.15, 0.2) is 0 Å². The van der Waals surface area contributed by atoms with Crippen LogP contribution in [0.15, 0.2) is 0 Å². The average molecular weight is 396 g/mol. The lowest BCUT2D eigenvalue weighted by atomic mass is 10.2. The van der Waals surface area contributed by atoms with E-state index < -0.39 is 23.7 Å². The molecule has 0 aliphatic carbocycles. The van der Waals surface area contributed by atoms with Crippen molar-refractivity contribution in [3.63, 3.8) is 0 Å². The largest absolute Gasteiger partial charge is 0.469 e. The van der Waals surface area contributed by atoms with E-state index >= 15 is 0 Å². The fourth-order valence-electron chi connectivity index (χ4n) is 1.58. The Labute approximate surface area is 158 Å². The summed E-state index contributed by atoms with van der Waals surface area (Å²) in [5.41, 5.74) is -0.626. The van der Waals surface area contributed by atoms with Crippen molar-refractivity contribution in [1.82, 2.24) is 5.32 Å². The first-order valence-electron chi connectivity index (χ1n) is 7.99. The van der Waals surface area contributed by atoms with Crippen LogP contribution in [0.5, 0.6) is 0 Å². The zero-order chi connectivity index (χ0) is 19.3. The van der Waals surface area contributed by atoms with E-state index in [9.17, 15) is 14.4 Å². The first kappa shape index (κ1) is 23.9. The highest BCUT2D eigenvalue weighted by atomic mass is 32.2. The molecule has 0 radical (unpaired) electrons. The van der Waals surface area contributed by atoms with E-state index in [0.29, 0.717) is 12.2 Å². The highest BCUT2D eigenvalue weighted by Gasteiger charge is 2.24. The molecule has 0 fully saturated rings. The molecule has 1 amide bonds. The first-order valence-corrected chi connectivity index (χ1v) is 10.3. The normalized spacial score (nSPS) is 12.2. The predicted molar refractivity (Wildman–Crippen MR) is 101 cm³/mol. The van der Waals surface area contributed by atoms with Crippen LogP contribution in [0, 0.1) is 0 Å². The fraction of sp³-hybridized carbons (Fsp3) is 0.812. The Morgan fingerprint density at radius 3 is 2.20 bits per heavy atom. The van der Waals surface area contributed by atoms with Crippen LogP contribution < -0.4 is 5.32 Å². The lowest BCUT2D eigenvalue weighted by Crippen LogP contribution is -2.45. The molecule has 0 aliphatic rings. The Morgan fingerprint density at radius 2 is 1.64 bits per heavy atom. The molecule has 1 N–H and O–H groups in total. The van der Waals surface area contributed by atoms with Gasteiger partial charge in [0.25, 0.3) is 0 Å². The molecule has 0 rings (SSSR count). The SMILES string of the molecule is COC(=O)CCSCCCSCC(NC(=O)OC(C)(C)C)C(=O)OC. The topological polar surface area (TPSA) is 90.9 Å². The minimum absolute atomic E-state index is 0.198. The summed E-state index contributed by atoms with van der Waals surface area (Å²) in [6.07, 6.45) is 0.719. The Hall–Kier alpha value is -1.09. The maximum atomic E-state index is 11.8. The summed E-state index contributed by atoms with van der Waals surface area (Å²) in [7, 11) is 2.67. The van der Waals surface area contributed by atoms with Crippen molar-refractivity contribution in [2.75, 3.05) is 37.2 Å².